The number of nitrogens with one attached hydrogen (secondary N) is 1. The summed E-state index contributed by atoms with van der Waals surface area (Å²) in [5.74, 6) is -1.06. The molecule has 1 aromatic carbocycles. The van der Waals surface area contributed by atoms with Crippen molar-refractivity contribution in [2.24, 2.45) is 11.3 Å². The van der Waals surface area contributed by atoms with Gasteiger partial charge < -0.3 is 24.8 Å². The molecular weight excluding hydrogens is 510 g/mol. The van der Waals surface area contributed by atoms with Gasteiger partial charge in [0.2, 0.25) is 11.8 Å². The number of pyridine rings is 1. The van der Waals surface area contributed by atoms with Crippen molar-refractivity contribution in [2.45, 2.75) is 103 Å². The van der Waals surface area contributed by atoms with Crippen molar-refractivity contribution in [3.63, 3.8) is 0 Å². The number of aryl methyl sites for hydroxylation is 1. The Hall–Kier alpha value is -3.36. The van der Waals surface area contributed by atoms with Crippen molar-refractivity contribution in [1.82, 2.24) is 15.2 Å². The molecule has 216 valence electrons. The second-order valence-corrected chi connectivity index (χ2v) is 12.4. The molecule has 3 aliphatic rings. The molecule has 4 bridgehead atoms. The number of carboxylic acid groups (broad SMARTS) is 1. The number of fused-ring (bicyclic) bond motifs is 3. The van der Waals surface area contributed by atoms with Crippen molar-refractivity contribution in [1.29, 1.82) is 0 Å². The van der Waals surface area contributed by atoms with Gasteiger partial charge in [0.25, 0.3) is 0 Å². The third-order valence-electron chi connectivity index (χ3n) is 8.92. The Morgan fingerprint density at radius 1 is 1.18 bits per heavy atom. The van der Waals surface area contributed by atoms with E-state index in [9.17, 15) is 19.5 Å². The van der Waals surface area contributed by atoms with E-state index in [0.29, 0.717) is 12.3 Å². The number of benzene rings is 1. The summed E-state index contributed by atoms with van der Waals surface area (Å²) in [7, 11) is 0. The van der Waals surface area contributed by atoms with Gasteiger partial charge in [0, 0.05) is 18.0 Å². The summed E-state index contributed by atoms with van der Waals surface area (Å²) in [6.45, 7) is 6.30. The van der Waals surface area contributed by atoms with Crippen molar-refractivity contribution >= 4 is 28.7 Å². The summed E-state index contributed by atoms with van der Waals surface area (Å²) in [5, 5.41) is 14.9. The van der Waals surface area contributed by atoms with Crippen LogP contribution in [0.25, 0.3) is 10.8 Å². The van der Waals surface area contributed by atoms with Gasteiger partial charge >= 0.3 is 12.1 Å². The van der Waals surface area contributed by atoms with Crippen LogP contribution in [0.2, 0.25) is 0 Å². The minimum Gasteiger partial charge on any atom is -0.480 e. The molecule has 1 saturated heterocycles. The first kappa shape index (κ1) is 28.2. The number of carboxylic acids is 1. The molecule has 4 atom stereocenters. The number of hydrogen-bond acceptors (Lipinski definition) is 6. The molecular formula is C31H41N3O6. The minimum absolute atomic E-state index is 0.0660. The Morgan fingerprint density at radius 3 is 2.67 bits per heavy atom. The fraction of sp³-hybridized carbons (Fsp3) is 0.613. The lowest BCUT2D eigenvalue weighted by atomic mass is 9.87. The molecule has 2 aromatic rings. The largest absolute Gasteiger partial charge is 0.480 e. The highest BCUT2D eigenvalue weighted by atomic mass is 16.5. The molecule has 0 spiro atoms. The van der Waals surface area contributed by atoms with Crippen molar-refractivity contribution in [3.05, 3.63) is 36.0 Å². The highest BCUT2D eigenvalue weighted by Gasteiger charge is 2.50. The van der Waals surface area contributed by atoms with Crippen molar-refractivity contribution in [2.75, 3.05) is 6.61 Å². The molecule has 0 radical (unpaired) electrons. The molecule has 9 nitrogen and oxygen atoms in total. The molecule has 3 heterocycles. The summed E-state index contributed by atoms with van der Waals surface area (Å²) < 4.78 is 12.1. The Kier molecular flexibility index (Phi) is 8.19. The van der Waals surface area contributed by atoms with Gasteiger partial charge in [0.05, 0.1) is 12.6 Å². The molecule has 2 aliphatic heterocycles. The van der Waals surface area contributed by atoms with Crippen molar-refractivity contribution < 1.29 is 29.0 Å². The maximum absolute atomic E-state index is 14.2. The quantitative estimate of drug-likeness (QED) is 0.545. The summed E-state index contributed by atoms with van der Waals surface area (Å²) in [6, 6.07) is 5.82. The lowest BCUT2D eigenvalue weighted by Gasteiger charge is -2.34. The number of hydrogen-bond donors (Lipinski definition) is 2. The van der Waals surface area contributed by atoms with E-state index in [-0.39, 0.29) is 30.3 Å². The normalized spacial score (nSPS) is 28.0. The van der Waals surface area contributed by atoms with Gasteiger partial charge in [-0.15, -0.1) is 0 Å². The van der Waals surface area contributed by atoms with Gasteiger partial charge in [-0.3, -0.25) is 4.79 Å². The van der Waals surface area contributed by atoms with E-state index in [0.717, 1.165) is 61.3 Å². The van der Waals surface area contributed by atoms with Crippen LogP contribution in [0.3, 0.4) is 0 Å². The standard InChI is InChI=1S/C31H41N3O6/c1-4-23-25-17-24(29(36)37)34(23)28(35)26(21-9-5-6-10-21)33-30(38)39-18-31(2,3)14-7-8-19-11-12-20-13-15-32-27(40-25)22(20)16-19/h11-13,15-16,21,23-26H,4-10,14,17-18H2,1-3H3,(H,33,38)(H,36,37)/t23?,24-,25+,26-/m0/s1. The SMILES string of the molecule is CCC1[C@H]2C[C@@H](C(=O)O)N1C(=O)[C@H](C1CCCC1)NC(=O)OCC(C)(C)CCCc1ccc3ccnc(c3c1)O2. The maximum Gasteiger partial charge on any atom is 0.407 e. The first-order valence-corrected chi connectivity index (χ1v) is 14.7. The lowest BCUT2D eigenvalue weighted by Crippen LogP contribution is -2.57. The zero-order chi connectivity index (χ0) is 28.4. The summed E-state index contributed by atoms with van der Waals surface area (Å²) in [6.07, 6.45) is 7.34. The first-order valence-electron chi connectivity index (χ1n) is 14.7. The van der Waals surface area contributed by atoms with Crippen LogP contribution in [0.15, 0.2) is 30.5 Å². The number of nitrogens with zero attached hydrogens (tertiary/aromatic N) is 2. The number of ether oxygens (including phenoxy) is 2. The summed E-state index contributed by atoms with van der Waals surface area (Å²) >= 11 is 0. The van der Waals surface area contributed by atoms with E-state index in [1.54, 1.807) is 6.20 Å². The van der Waals surface area contributed by atoms with E-state index in [1.807, 2.05) is 13.0 Å². The van der Waals surface area contributed by atoms with Crippen LogP contribution in [-0.2, 0) is 20.7 Å². The molecule has 1 saturated carbocycles. The summed E-state index contributed by atoms with van der Waals surface area (Å²) in [4.78, 5) is 45.7. The Morgan fingerprint density at radius 2 is 1.95 bits per heavy atom. The Balaban J connectivity index is 1.55. The number of aromatic nitrogens is 1. The number of aliphatic carboxylic acids is 1. The minimum atomic E-state index is -1.08. The van der Waals surface area contributed by atoms with E-state index < -0.39 is 36.3 Å². The monoisotopic (exact) mass is 551 g/mol. The highest BCUT2D eigenvalue weighted by molar-refractivity contribution is 5.91. The predicted octanol–water partition coefficient (Wildman–Crippen LogP) is 5.09. The van der Waals surface area contributed by atoms with E-state index in [4.69, 9.17) is 9.47 Å². The number of rotatable bonds is 3. The fourth-order valence-electron chi connectivity index (χ4n) is 6.71. The fourth-order valence-corrected chi connectivity index (χ4v) is 6.71. The molecule has 2 amide bonds. The maximum atomic E-state index is 14.2. The summed E-state index contributed by atoms with van der Waals surface area (Å²) in [5.41, 5.74) is 0.908. The molecule has 1 unspecified atom stereocenters. The molecule has 5 rings (SSSR count). The number of alkyl carbamates (subject to hydrolysis) is 1. The van der Waals surface area contributed by atoms with Crippen LogP contribution >= 0.6 is 0 Å². The van der Waals surface area contributed by atoms with E-state index >= 15 is 0 Å². The predicted molar refractivity (Wildman–Crippen MR) is 150 cm³/mol. The van der Waals surface area contributed by atoms with Crippen LogP contribution in [0.4, 0.5) is 4.79 Å². The molecule has 1 aliphatic carbocycles. The van der Waals surface area contributed by atoms with Gasteiger partial charge in [0.15, 0.2) is 0 Å². The van der Waals surface area contributed by atoms with Crippen LogP contribution < -0.4 is 10.1 Å². The average Bonchev–Trinajstić information content (AvgIpc) is 3.58. The van der Waals surface area contributed by atoms with Gasteiger partial charge in [-0.2, -0.15) is 0 Å². The highest BCUT2D eigenvalue weighted by Crippen LogP contribution is 2.36. The topological polar surface area (TPSA) is 118 Å². The van der Waals surface area contributed by atoms with E-state index in [1.165, 1.54) is 4.90 Å². The Bertz CT molecular complexity index is 1260. The third kappa shape index (κ3) is 5.88. The number of cyclic esters (lactones) is 1. The molecule has 2 fully saturated rings. The number of carbonyl (C=O) groups is 3. The van der Waals surface area contributed by atoms with Crippen LogP contribution in [0.1, 0.15) is 77.7 Å². The molecule has 9 heteroatoms. The zero-order valence-electron chi connectivity index (χ0n) is 23.7. The molecule has 1 aromatic heterocycles. The molecule has 40 heavy (non-hydrogen) atoms. The lowest BCUT2D eigenvalue weighted by molar-refractivity contribution is -0.151. The third-order valence-corrected chi connectivity index (χ3v) is 8.92. The van der Waals surface area contributed by atoms with Crippen LogP contribution in [0, 0.1) is 11.3 Å². The molecule has 2 N–H and O–H groups in total. The second-order valence-electron chi connectivity index (χ2n) is 12.4. The van der Waals surface area contributed by atoms with E-state index in [2.05, 4.69) is 42.3 Å². The average molecular weight is 552 g/mol. The smallest absolute Gasteiger partial charge is 0.407 e. The van der Waals surface area contributed by atoms with Gasteiger partial charge in [0.1, 0.15) is 18.2 Å². The first-order chi connectivity index (χ1) is 19.2. The van der Waals surface area contributed by atoms with Crippen molar-refractivity contribution in [3.8, 4) is 5.88 Å². The van der Waals surface area contributed by atoms with Crippen LogP contribution in [0.5, 0.6) is 5.88 Å². The van der Waals surface area contributed by atoms with Gasteiger partial charge in [-0.05, 0) is 72.9 Å². The number of carbonyl (C=O) groups excluding carboxylic acids is 2. The number of amides is 2. The Labute approximate surface area is 235 Å². The zero-order valence-corrected chi connectivity index (χ0v) is 23.7. The second kappa shape index (κ2) is 11.6. The van der Waals surface area contributed by atoms with Crippen LogP contribution in [-0.4, -0.2) is 63.8 Å². The van der Waals surface area contributed by atoms with Gasteiger partial charge in [-0.1, -0.05) is 45.7 Å². The van der Waals surface area contributed by atoms with Gasteiger partial charge in [-0.25, -0.2) is 14.6 Å².